The van der Waals surface area contributed by atoms with Gasteiger partial charge in [0.1, 0.15) is 0 Å². The molecule has 0 bridgehead atoms. The Morgan fingerprint density at radius 2 is 2.00 bits per heavy atom. The molecule has 1 heterocycles. The van der Waals surface area contributed by atoms with E-state index in [4.69, 9.17) is 4.74 Å². The molecule has 7 atom stereocenters. The Kier molecular flexibility index (Phi) is 10.2. The molecule has 28 heavy (non-hydrogen) atoms. The number of nitrogens with one attached hydrogen (secondary N) is 1. The third kappa shape index (κ3) is 7.17. The standard InChI is InChI=1S/C21H37NO5S/c1-7-18(24)13(2)8-9-21(26)15(4)12-14(3)19(27-21)16(5)20(25)28-11-10-22-17(6)23/h8-9,13-16,18-19,24,26H,7,10-12H2,1-6H3,(H,22,23)/b9-8+/t13-,14+,15-,16-,18-,19+,21+/m1/s1. The SMILES string of the molecule is CC[C@@H](O)[C@H](C)/C=C/[C@]1(O)O[C@H]([C@@H](C)C(=O)SCCNC(C)=O)[C@@H](C)C[C@H]1C. The number of hydrogen-bond donors (Lipinski definition) is 3. The number of rotatable bonds is 9. The van der Waals surface area contributed by atoms with Gasteiger partial charge in [-0.3, -0.25) is 9.59 Å². The van der Waals surface area contributed by atoms with Crippen molar-refractivity contribution in [1.29, 1.82) is 0 Å². The van der Waals surface area contributed by atoms with E-state index in [2.05, 4.69) is 5.32 Å². The first-order valence-electron chi connectivity index (χ1n) is 10.2. The van der Waals surface area contributed by atoms with Crippen LogP contribution in [0.5, 0.6) is 0 Å². The minimum Gasteiger partial charge on any atom is -0.393 e. The lowest BCUT2D eigenvalue weighted by Crippen LogP contribution is -2.51. The van der Waals surface area contributed by atoms with Crippen LogP contribution in [-0.4, -0.2) is 51.5 Å². The lowest BCUT2D eigenvalue weighted by molar-refractivity contribution is -0.269. The maximum absolute atomic E-state index is 12.6. The second-order valence-electron chi connectivity index (χ2n) is 8.08. The first-order chi connectivity index (χ1) is 13.0. The summed E-state index contributed by atoms with van der Waals surface area (Å²) < 4.78 is 6.07. The van der Waals surface area contributed by atoms with Crippen LogP contribution in [0.15, 0.2) is 12.2 Å². The fourth-order valence-electron chi connectivity index (χ4n) is 3.54. The maximum atomic E-state index is 12.6. The Hall–Kier alpha value is -0.890. The fraction of sp³-hybridized carbons (Fsp3) is 0.810. The van der Waals surface area contributed by atoms with Crippen LogP contribution in [0.2, 0.25) is 0 Å². The molecular formula is C21H37NO5S. The van der Waals surface area contributed by atoms with E-state index in [1.807, 2.05) is 34.6 Å². The van der Waals surface area contributed by atoms with Crippen molar-refractivity contribution in [3.05, 3.63) is 12.2 Å². The van der Waals surface area contributed by atoms with E-state index in [-0.39, 0.29) is 34.7 Å². The van der Waals surface area contributed by atoms with Gasteiger partial charge in [-0.25, -0.2) is 0 Å². The number of amides is 1. The number of thioether (sulfide) groups is 1. The number of hydrogen-bond acceptors (Lipinski definition) is 6. The molecule has 0 unspecified atom stereocenters. The van der Waals surface area contributed by atoms with Crippen LogP contribution in [0.25, 0.3) is 0 Å². The van der Waals surface area contributed by atoms with Gasteiger partial charge in [-0.1, -0.05) is 52.5 Å². The van der Waals surface area contributed by atoms with E-state index >= 15 is 0 Å². The van der Waals surface area contributed by atoms with E-state index in [1.165, 1.54) is 18.7 Å². The van der Waals surface area contributed by atoms with E-state index < -0.39 is 18.0 Å². The summed E-state index contributed by atoms with van der Waals surface area (Å²) in [7, 11) is 0. The van der Waals surface area contributed by atoms with Gasteiger partial charge in [0.05, 0.1) is 18.1 Å². The van der Waals surface area contributed by atoms with Gasteiger partial charge >= 0.3 is 0 Å². The highest BCUT2D eigenvalue weighted by molar-refractivity contribution is 8.13. The van der Waals surface area contributed by atoms with Crippen LogP contribution in [0.4, 0.5) is 0 Å². The molecule has 0 radical (unpaired) electrons. The van der Waals surface area contributed by atoms with Crippen LogP contribution in [-0.2, 0) is 14.3 Å². The van der Waals surface area contributed by atoms with Crippen molar-refractivity contribution in [1.82, 2.24) is 5.32 Å². The maximum Gasteiger partial charge on any atom is 0.216 e. The van der Waals surface area contributed by atoms with Gasteiger partial charge in [-0.05, 0) is 24.8 Å². The molecular weight excluding hydrogens is 378 g/mol. The minimum absolute atomic E-state index is 0.00198. The molecule has 1 fully saturated rings. The molecule has 7 heteroatoms. The Labute approximate surface area is 173 Å². The predicted octanol–water partition coefficient (Wildman–Crippen LogP) is 2.73. The lowest BCUT2D eigenvalue weighted by atomic mass is 9.79. The molecule has 3 N–H and O–H groups in total. The third-order valence-corrected chi connectivity index (χ3v) is 6.63. The Morgan fingerprint density at radius 3 is 2.57 bits per heavy atom. The summed E-state index contributed by atoms with van der Waals surface area (Å²) in [6, 6.07) is 0. The molecule has 0 aromatic carbocycles. The average Bonchev–Trinajstić information content (AvgIpc) is 2.64. The second-order valence-corrected chi connectivity index (χ2v) is 9.18. The smallest absolute Gasteiger partial charge is 0.216 e. The molecule has 0 saturated carbocycles. The number of aliphatic hydroxyl groups excluding tert-OH is 1. The van der Waals surface area contributed by atoms with Gasteiger partial charge < -0.3 is 20.3 Å². The molecule has 1 amide bonds. The third-order valence-electron chi connectivity index (χ3n) is 5.57. The molecule has 1 aliphatic heterocycles. The summed E-state index contributed by atoms with van der Waals surface area (Å²) in [5.74, 6) is -1.49. The van der Waals surface area contributed by atoms with Crippen molar-refractivity contribution in [3.8, 4) is 0 Å². The van der Waals surface area contributed by atoms with Gasteiger partial charge in [0, 0.05) is 31.1 Å². The van der Waals surface area contributed by atoms with Crippen molar-refractivity contribution in [3.63, 3.8) is 0 Å². The normalized spacial score (nSPS) is 31.4. The summed E-state index contributed by atoms with van der Waals surface area (Å²) in [5, 5.41) is 23.7. The van der Waals surface area contributed by atoms with Crippen molar-refractivity contribution in [2.75, 3.05) is 12.3 Å². The fourth-order valence-corrected chi connectivity index (χ4v) is 4.35. The predicted molar refractivity (Wildman–Crippen MR) is 113 cm³/mol. The summed E-state index contributed by atoms with van der Waals surface area (Å²) in [5.41, 5.74) is 0. The van der Waals surface area contributed by atoms with E-state index in [9.17, 15) is 19.8 Å². The summed E-state index contributed by atoms with van der Waals surface area (Å²) >= 11 is 1.18. The van der Waals surface area contributed by atoms with Crippen LogP contribution in [0.3, 0.4) is 0 Å². The topological polar surface area (TPSA) is 95.9 Å². The van der Waals surface area contributed by atoms with E-state index in [0.29, 0.717) is 18.7 Å². The van der Waals surface area contributed by atoms with Crippen LogP contribution in [0, 0.1) is 23.7 Å². The van der Waals surface area contributed by atoms with Gasteiger partial charge in [0.2, 0.25) is 5.91 Å². The Bertz CT molecular complexity index is 555. The number of aliphatic hydroxyl groups is 2. The van der Waals surface area contributed by atoms with Crippen molar-refractivity contribution in [2.24, 2.45) is 23.7 Å². The summed E-state index contributed by atoms with van der Waals surface area (Å²) in [6.45, 7) is 11.5. The average molecular weight is 416 g/mol. The van der Waals surface area contributed by atoms with Crippen molar-refractivity contribution < 1.29 is 24.5 Å². The largest absolute Gasteiger partial charge is 0.393 e. The molecule has 0 aliphatic carbocycles. The monoisotopic (exact) mass is 415 g/mol. The zero-order chi connectivity index (χ0) is 21.5. The minimum atomic E-state index is -1.45. The van der Waals surface area contributed by atoms with Crippen molar-refractivity contribution >= 4 is 22.8 Å². The molecule has 0 spiro atoms. The van der Waals surface area contributed by atoms with E-state index in [1.54, 1.807) is 12.2 Å². The number of carbonyl (C=O) groups is 2. The highest BCUT2D eigenvalue weighted by Crippen LogP contribution is 2.40. The molecule has 6 nitrogen and oxygen atoms in total. The quantitative estimate of drug-likeness (QED) is 0.396. The van der Waals surface area contributed by atoms with Crippen molar-refractivity contribution in [2.45, 2.75) is 72.4 Å². The number of ether oxygens (including phenoxy) is 1. The summed E-state index contributed by atoms with van der Waals surface area (Å²) in [4.78, 5) is 23.5. The lowest BCUT2D eigenvalue weighted by Gasteiger charge is -2.45. The Morgan fingerprint density at radius 1 is 1.36 bits per heavy atom. The first-order valence-corrected chi connectivity index (χ1v) is 11.2. The molecule has 1 saturated heterocycles. The first kappa shape index (κ1) is 25.1. The van der Waals surface area contributed by atoms with Crippen LogP contribution < -0.4 is 5.32 Å². The Balaban J connectivity index is 2.77. The zero-order valence-corrected chi connectivity index (χ0v) is 18.8. The highest BCUT2D eigenvalue weighted by atomic mass is 32.2. The molecule has 1 aliphatic rings. The molecule has 1 rings (SSSR count). The van der Waals surface area contributed by atoms with Gasteiger partial charge in [-0.15, -0.1) is 0 Å². The summed E-state index contributed by atoms with van der Waals surface area (Å²) in [6.07, 6.45) is 3.96. The highest BCUT2D eigenvalue weighted by Gasteiger charge is 2.45. The molecule has 0 aromatic rings. The second kappa shape index (κ2) is 11.3. The van der Waals surface area contributed by atoms with Gasteiger partial charge in [0.25, 0.3) is 0 Å². The number of carbonyl (C=O) groups excluding carboxylic acids is 2. The van der Waals surface area contributed by atoms with Crippen LogP contribution >= 0.6 is 11.8 Å². The van der Waals surface area contributed by atoms with Gasteiger partial charge in [-0.2, -0.15) is 0 Å². The molecule has 0 aromatic heterocycles. The van der Waals surface area contributed by atoms with E-state index in [0.717, 1.165) is 6.42 Å². The molecule has 162 valence electrons. The van der Waals surface area contributed by atoms with Gasteiger partial charge in [0.15, 0.2) is 10.9 Å². The van der Waals surface area contributed by atoms with Crippen LogP contribution in [0.1, 0.15) is 54.4 Å². The zero-order valence-electron chi connectivity index (χ0n) is 18.0.